The number of rotatable bonds is 3. The lowest BCUT2D eigenvalue weighted by Crippen LogP contribution is -2.43. The number of fused-ring (bicyclic) bond motifs is 1. The second-order valence-corrected chi connectivity index (χ2v) is 7.40. The number of amides is 1. The molecule has 128 valence electrons. The van der Waals surface area contributed by atoms with E-state index in [4.69, 9.17) is 4.42 Å². The number of oxazole rings is 1. The van der Waals surface area contributed by atoms with E-state index < -0.39 is 0 Å². The first-order chi connectivity index (χ1) is 12.1. The average molecular weight is 352 g/mol. The molecule has 4 nitrogen and oxygen atoms in total. The number of hydrogen-bond acceptors (Lipinski definition) is 4. The molecule has 1 atom stereocenters. The highest BCUT2D eigenvalue weighted by molar-refractivity contribution is 7.13. The van der Waals surface area contributed by atoms with Crippen LogP contribution in [0.3, 0.4) is 0 Å². The molecule has 4 rings (SSSR count). The van der Waals surface area contributed by atoms with E-state index in [-0.39, 0.29) is 18.4 Å². The van der Waals surface area contributed by atoms with Gasteiger partial charge in [-0.05, 0) is 49.8 Å². The third-order valence-corrected chi connectivity index (χ3v) is 5.59. The van der Waals surface area contributed by atoms with Crippen molar-refractivity contribution in [2.75, 3.05) is 4.90 Å². The largest absolute Gasteiger partial charge is 0.440 e. The maximum absolute atomic E-state index is 13.0. The summed E-state index contributed by atoms with van der Waals surface area (Å²) in [5.74, 6) is 1.39. The smallest absolute Gasteiger partial charge is 0.236 e. The SMILES string of the molecule is Cc1oc(-c2cccs2)nc1CC(=O)N1c2ccccc2CCC1C. The summed E-state index contributed by atoms with van der Waals surface area (Å²) in [6, 6.07) is 12.3. The Bertz CT molecular complexity index is 898. The number of carbonyl (C=O) groups excluding carboxylic acids is 1. The first kappa shape index (κ1) is 16.1. The molecule has 1 unspecified atom stereocenters. The Balaban J connectivity index is 1.60. The third kappa shape index (κ3) is 3.00. The van der Waals surface area contributed by atoms with Crippen LogP contribution in [0.2, 0.25) is 0 Å². The number of thiophene rings is 1. The minimum absolute atomic E-state index is 0.0776. The van der Waals surface area contributed by atoms with Crippen molar-refractivity contribution in [2.24, 2.45) is 0 Å². The van der Waals surface area contributed by atoms with Gasteiger partial charge in [0.25, 0.3) is 0 Å². The van der Waals surface area contributed by atoms with Crippen LogP contribution in [0, 0.1) is 6.92 Å². The van der Waals surface area contributed by atoms with Crippen molar-refractivity contribution >= 4 is 22.9 Å². The van der Waals surface area contributed by atoms with Crippen LogP contribution in [0.25, 0.3) is 10.8 Å². The van der Waals surface area contributed by atoms with Gasteiger partial charge < -0.3 is 9.32 Å². The Hall–Kier alpha value is -2.40. The Morgan fingerprint density at radius 2 is 2.16 bits per heavy atom. The van der Waals surface area contributed by atoms with Gasteiger partial charge in [0.1, 0.15) is 5.76 Å². The van der Waals surface area contributed by atoms with Crippen molar-refractivity contribution in [3.63, 3.8) is 0 Å². The fourth-order valence-corrected chi connectivity index (χ4v) is 4.04. The van der Waals surface area contributed by atoms with Crippen LogP contribution in [-0.2, 0) is 17.6 Å². The molecule has 1 aliphatic heterocycles. The lowest BCUT2D eigenvalue weighted by atomic mass is 9.96. The molecule has 3 heterocycles. The Morgan fingerprint density at radius 3 is 2.96 bits per heavy atom. The van der Waals surface area contributed by atoms with Crippen LogP contribution in [-0.4, -0.2) is 16.9 Å². The van der Waals surface area contributed by atoms with E-state index in [0.29, 0.717) is 5.89 Å². The van der Waals surface area contributed by atoms with E-state index in [0.717, 1.165) is 34.9 Å². The molecule has 0 bridgehead atoms. The van der Waals surface area contributed by atoms with E-state index in [9.17, 15) is 4.79 Å². The number of anilines is 1. The molecule has 0 N–H and O–H groups in total. The summed E-state index contributed by atoms with van der Waals surface area (Å²) in [7, 11) is 0. The van der Waals surface area contributed by atoms with Crippen molar-refractivity contribution in [3.05, 3.63) is 58.8 Å². The van der Waals surface area contributed by atoms with Crippen molar-refractivity contribution in [2.45, 2.75) is 39.2 Å². The summed E-state index contributed by atoms with van der Waals surface area (Å²) < 4.78 is 5.77. The minimum Gasteiger partial charge on any atom is -0.440 e. The lowest BCUT2D eigenvalue weighted by Gasteiger charge is -2.35. The lowest BCUT2D eigenvalue weighted by molar-refractivity contribution is -0.118. The topological polar surface area (TPSA) is 46.3 Å². The van der Waals surface area contributed by atoms with E-state index in [1.54, 1.807) is 11.3 Å². The summed E-state index contributed by atoms with van der Waals surface area (Å²) in [5.41, 5.74) is 3.00. The second kappa shape index (κ2) is 6.48. The summed E-state index contributed by atoms with van der Waals surface area (Å²) in [5, 5.41) is 1.99. The monoisotopic (exact) mass is 352 g/mol. The zero-order valence-corrected chi connectivity index (χ0v) is 15.2. The van der Waals surface area contributed by atoms with Gasteiger partial charge in [-0.2, -0.15) is 0 Å². The number of aryl methyl sites for hydroxylation is 2. The van der Waals surface area contributed by atoms with Crippen molar-refractivity contribution in [1.29, 1.82) is 0 Å². The molecule has 0 fully saturated rings. The molecule has 0 saturated carbocycles. The molecule has 0 saturated heterocycles. The minimum atomic E-state index is 0.0776. The summed E-state index contributed by atoms with van der Waals surface area (Å²) in [4.78, 5) is 20.5. The van der Waals surface area contributed by atoms with Crippen molar-refractivity contribution < 1.29 is 9.21 Å². The number of benzene rings is 1. The summed E-state index contributed by atoms with van der Waals surface area (Å²) in [6.07, 6.45) is 2.27. The van der Waals surface area contributed by atoms with Crippen LogP contribution < -0.4 is 4.90 Å². The molecule has 0 spiro atoms. The predicted molar refractivity (Wildman–Crippen MR) is 100.0 cm³/mol. The van der Waals surface area contributed by atoms with Gasteiger partial charge in [0.15, 0.2) is 0 Å². The Morgan fingerprint density at radius 1 is 1.32 bits per heavy atom. The molecule has 5 heteroatoms. The number of hydrogen-bond donors (Lipinski definition) is 0. The van der Waals surface area contributed by atoms with Crippen LogP contribution >= 0.6 is 11.3 Å². The quantitative estimate of drug-likeness (QED) is 0.691. The van der Waals surface area contributed by atoms with Crippen molar-refractivity contribution in [1.82, 2.24) is 4.98 Å². The van der Waals surface area contributed by atoms with E-state index >= 15 is 0 Å². The molecule has 0 aliphatic carbocycles. The van der Waals surface area contributed by atoms with Gasteiger partial charge in [-0.1, -0.05) is 24.3 Å². The van der Waals surface area contributed by atoms with Gasteiger partial charge in [0.05, 0.1) is 17.0 Å². The highest BCUT2D eigenvalue weighted by Gasteiger charge is 2.29. The first-order valence-electron chi connectivity index (χ1n) is 8.53. The molecule has 1 aromatic carbocycles. The van der Waals surface area contributed by atoms with E-state index in [1.807, 2.05) is 47.5 Å². The van der Waals surface area contributed by atoms with Gasteiger partial charge in [-0.15, -0.1) is 11.3 Å². The number of nitrogens with zero attached hydrogens (tertiary/aromatic N) is 2. The Kier molecular flexibility index (Phi) is 4.17. The van der Waals surface area contributed by atoms with E-state index in [2.05, 4.69) is 18.0 Å². The highest BCUT2D eigenvalue weighted by Crippen LogP contribution is 2.32. The van der Waals surface area contributed by atoms with Crippen LogP contribution in [0.5, 0.6) is 0 Å². The summed E-state index contributed by atoms with van der Waals surface area (Å²) >= 11 is 1.58. The molecular weight excluding hydrogens is 332 g/mol. The highest BCUT2D eigenvalue weighted by atomic mass is 32.1. The van der Waals surface area contributed by atoms with Crippen LogP contribution in [0.15, 0.2) is 46.2 Å². The molecule has 3 aromatic rings. The van der Waals surface area contributed by atoms with Gasteiger partial charge >= 0.3 is 0 Å². The molecular formula is C20H20N2O2S. The molecule has 1 aliphatic rings. The van der Waals surface area contributed by atoms with Crippen LogP contribution in [0.1, 0.15) is 30.4 Å². The zero-order valence-electron chi connectivity index (χ0n) is 14.4. The normalized spacial score (nSPS) is 16.7. The Labute approximate surface area is 151 Å². The number of carbonyl (C=O) groups is 1. The maximum atomic E-state index is 13.0. The summed E-state index contributed by atoms with van der Waals surface area (Å²) in [6.45, 7) is 3.99. The molecule has 25 heavy (non-hydrogen) atoms. The van der Waals surface area contributed by atoms with Gasteiger partial charge in [0.2, 0.25) is 11.8 Å². The fourth-order valence-electron chi connectivity index (χ4n) is 3.39. The van der Waals surface area contributed by atoms with Gasteiger partial charge in [-0.3, -0.25) is 4.79 Å². The molecule has 0 radical (unpaired) electrons. The van der Waals surface area contributed by atoms with Gasteiger partial charge in [0, 0.05) is 11.7 Å². The van der Waals surface area contributed by atoms with E-state index in [1.165, 1.54) is 5.56 Å². The van der Waals surface area contributed by atoms with Crippen LogP contribution in [0.4, 0.5) is 5.69 Å². The van der Waals surface area contributed by atoms with Crippen molar-refractivity contribution in [3.8, 4) is 10.8 Å². The number of para-hydroxylation sites is 1. The third-order valence-electron chi connectivity index (χ3n) is 4.74. The molecule has 1 amide bonds. The van der Waals surface area contributed by atoms with Gasteiger partial charge in [-0.25, -0.2) is 4.98 Å². The predicted octanol–water partition coefficient (Wildman–Crippen LogP) is 4.62. The molecule has 2 aromatic heterocycles. The maximum Gasteiger partial charge on any atom is 0.236 e. The standard InChI is InChI=1S/C20H20N2O2S/c1-13-9-10-15-6-3-4-7-17(15)22(13)19(23)12-16-14(2)24-20(21-16)18-8-5-11-25-18/h3-8,11,13H,9-10,12H2,1-2H3. The zero-order chi connectivity index (χ0) is 17.4. The first-order valence-corrected chi connectivity index (χ1v) is 9.41. The fraction of sp³-hybridized carbons (Fsp3) is 0.300. The number of aromatic nitrogens is 1. The second-order valence-electron chi connectivity index (χ2n) is 6.46. The average Bonchev–Trinajstić information content (AvgIpc) is 3.25.